The summed E-state index contributed by atoms with van der Waals surface area (Å²) in [7, 11) is 2.14. The number of halogens is 1. The van der Waals surface area contributed by atoms with Crippen LogP contribution in [0.25, 0.3) is 0 Å². The summed E-state index contributed by atoms with van der Waals surface area (Å²) in [5.41, 5.74) is 5.92. The Labute approximate surface area is 105 Å². The average Bonchev–Trinajstić information content (AvgIpc) is 2.50. The van der Waals surface area contributed by atoms with Crippen molar-refractivity contribution in [3.63, 3.8) is 0 Å². The molecule has 0 bridgehead atoms. The number of nitrogens with two attached hydrogens (primary N) is 1. The molecule has 1 heterocycles. The second kappa shape index (κ2) is 5.43. The maximum Gasteiger partial charge on any atom is 0.0325 e. The zero-order chi connectivity index (χ0) is 11.5. The van der Waals surface area contributed by atoms with Gasteiger partial charge in [-0.1, -0.05) is 13.8 Å². The minimum atomic E-state index is 0.198. The third kappa shape index (κ3) is 4.64. The van der Waals surface area contributed by atoms with Crippen LogP contribution in [0.4, 0.5) is 0 Å². The maximum atomic E-state index is 5.72. The van der Waals surface area contributed by atoms with Crippen LogP contribution in [-0.2, 0) is 6.54 Å². The minimum Gasteiger partial charge on any atom is -0.330 e. The van der Waals surface area contributed by atoms with Gasteiger partial charge in [0.1, 0.15) is 0 Å². The molecular weight excluding hydrogens is 272 g/mol. The van der Waals surface area contributed by atoms with Crippen molar-refractivity contribution >= 4 is 27.3 Å². The molecule has 1 aromatic rings. The molecule has 0 unspecified atom stereocenters. The molecule has 2 N–H and O–H groups in total. The first kappa shape index (κ1) is 13.2. The lowest BCUT2D eigenvalue weighted by Gasteiger charge is -2.28. The normalized spacial score (nSPS) is 12.4. The van der Waals surface area contributed by atoms with E-state index in [0.717, 1.165) is 19.6 Å². The van der Waals surface area contributed by atoms with Gasteiger partial charge in [-0.3, -0.25) is 0 Å². The largest absolute Gasteiger partial charge is 0.330 e. The summed E-state index contributed by atoms with van der Waals surface area (Å²) in [5, 5.41) is 2.12. The monoisotopic (exact) mass is 290 g/mol. The summed E-state index contributed by atoms with van der Waals surface area (Å²) in [5.74, 6) is 0. The standard InChI is InChI=1S/C11H19BrN2S/c1-11(2,7-13)8-14(3)5-10-4-9(12)6-15-10/h4,6H,5,7-8,13H2,1-3H3. The van der Waals surface area contributed by atoms with E-state index in [1.54, 1.807) is 11.3 Å². The van der Waals surface area contributed by atoms with Crippen molar-refractivity contribution in [1.82, 2.24) is 4.90 Å². The van der Waals surface area contributed by atoms with Crippen LogP contribution in [0.15, 0.2) is 15.9 Å². The van der Waals surface area contributed by atoms with Gasteiger partial charge in [0.25, 0.3) is 0 Å². The average molecular weight is 291 g/mol. The summed E-state index contributed by atoms with van der Waals surface area (Å²) in [4.78, 5) is 3.71. The van der Waals surface area contributed by atoms with Crippen molar-refractivity contribution in [3.8, 4) is 0 Å². The van der Waals surface area contributed by atoms with Crippen LogP contribution < -0.4 is 5.73 Å². The van der Waals surface area contributed by atoms with E-state index in [4.69, 9.17) is 5.73 Å². The van der Waals surface area contributed by atoms with Crippen molar-refractivity contribution in [2.75, 3.05) is 20.1 Å². The van der Waals surface area contributed by atoms with Crippen molar-refractivity contribution in [1.29, 1.82) is 0 Å². The van der Waals surface area contributed by atoms with Gasteiger partial charge in [-0.2, -0.15) is 0 Å². The highest BCUT2D eigenvalue weighted by Crippen LogP contribution is 2.22. The molecule has 0 aliphatic heterocycles. The van der Waals surface area contributed by atoms with Gasteiger partial charge >= 0.3 is 0 Å². The summed E-state index contributed by atoms with van der Waals surface area (Å²) in [6.07, 6.45) is 0. The molecule has 2 nitrogen and oxygen atoms in total. The lowest BCUT2D eigenvalue weighted by atomic mass is 9.93. The zero-order valence-corrected chi connectivity index (χ0v) is 12.0. The first-order chi connectivity index (χ1) is 6.93. The highest BCUT2D eigenvalue weighted by molar-refractivity contribution is 9.10. The Hall–Kier alpha value is 0.1000. The molecule has 1 rings (SSSR count). The van der Waals surface area contributed by atoms with Crippen LogP contribution in [-0.4, -0.2) is 25.0 Å². The second-order valence-electron chi connectivity index (χ2n) is 4.77. The number of nitrogens with zero attached hydrogens (tertiary/aromatic N) is 1. The van der Waals surface area contributed by atoms with E-state index in [1.165, 1.54) is 9.35 Å². The van der Waals surface area contributed by atoms with Gasteiger partial charge in [-0.25, -0.2) is 0 Å². The van der Waals surface area contributed by atoms with Gasteiger partial charge in [-0.15, -0.1) is 11.3 Å². The molecule has 1 aromatic heterocycles. The van der Waals surface area contributed by atoms with E-state index >= 15 is 0 Å². The first-order valence-electron chi connectivity index (χ1n) is 5.04. The van der Waals surface area contributed by atoms with Crippen molar-refractivity contribution in [3.05, 3.63) is 20.8 Å². The van der Waals surface area contributed by atoms with Crippen LogP contribution in [0.1, 0.15) is 18.7 Å². The van der Waals surface area contributed by atoms with Gasteiger partial charge in [-0.05, 0) is 41.0 Å². The van der Waals surface area contributed by atoms with Crippen LogP contribution in [0, 0.1) is 5.41 Å². The fraction of sp³-hybridized carbons (Fsp3) is 0.636. The lowest BCUT2D eigenvalue weighted by Crippen LogP contribution is -2.36. The molecule has 0 aromatic carbocycles. The molecule has 4 heteroatoms. The van der Waals surface area contributed by atoms with E-state index < -0.39 is 0 Å². The number of hydrogen-bond acceptors (Lipinski definition) is 3. The van der Waals surface area contributed by atoms with Gasteiger partial charge in [0, 0.05) is 27.8 Å². The predicted octanol–water partition coefficient (Wildman–Crippen LogP) is 2.93. The highest BCUT2D eigenvalue weighted by atomic mass is 79.9. The SMILES string of the molecule is CN(Cc1cc(Br)cs1)CC(C)(C)CN. The molecule has 0 saturated carbocycles. The quantitative estimate of drug-likeness (QED) is 0.904. The van der Waals surface area contributed by atoms with E-state index in [-0.39, 0.29) is 5.41 Å². The topological polar surface area (TPSA) is 29.3 Å². The summed E-state index contributed by atoms with van der Waals surface area (Å²) in [6, 6.07) is 2.18. The summed E-state index contributed by atoms with van der Waals surface area (Å²) >= 11 is 5.26. The van der Waals surface area contributed by atoms with Gasteiger partial charge in [0.2, 0.25) is 0 Å². The molecule has 86 valence electrons. The molecule has 0 fully saturated rings. The first-order valence-corrected chi connectivity index (χ1v) is 6.72. The Kier molecular flexibility index (Phi) is 4.77. The van der Waals surface area contributed by atoms with Crippen LogP contribution in [0.2, 0.25) is 0 Å². The molecule has 0 spiro atoms. The summed E-state index contributed by atoms with van der Waals surface area (Å²) < 4.78 is 1.17. The van der Waals surface area contributed by atoms with E-state index in [1.807, 2.05) is 0 Å². The second-order valence-corrected chi connectivity index (χ2v) is 6.68. The molecule has 0 saturated heterocycles. The molecule has 0 aliphatic rings. The number of rotatable bonds is 5. The Morgan fingerprint density at radius 2 is 2.20 bits per heavy atom. The molecule has 0 aliphatic carbocycles. The Bertz CT molecular complexity index is 309. The van der Waals surface area contributed by atoms with Crippen molar-refractivity contribution in [2.24, 2.45) is 11.1 Å². The smallest absolute Gasteiger partial charge is 0.0325 e. The third-order valence-corrected chi connectivity index (χ3v) is 3.98. The van der Waals surface area contributed by atoms with Crippen LogP contribution in [0.5, 0.6) is 0 Å². The molecular formula is C11H19BrN2S. The summed E-state index contributed by atoms with van der Waals surface area (Å²) in [6.45, 7) is 7.16. The van der Waals surface area contributed by atoms with Crippen molar-refractivity contribution < 1.29 is 0 Å². The Balaban J connectivity index is 2.46. The van der Waals surface area contributed by atoms with Crippen LogP contribution >= 0.6 is 27.3 Å². The van der Waals surface area contributed by atoms with Crippen molar-refractivity contribution in [2.45, 2.75) is 20.4 Å². The molecule has 15 heavy (non-hydrogen) atoms. The third-order valence-electron chi connectivity index (χ3n) is 2.30. The van der Waals surface area contributed by atoms with E-state index in [2.05, 4.69) is 53.2 Å². The fourth-order valence-electron chi connectivity index (χ4n) is 1.55. The highest BCUT2D eigenvalue weighted by Gasteiger charge is 2.18. The zero-order valence-electron chi connectivity index (χ0n) is 9.59. The fourth-order valence-corrected chi connectivity index (χ4v) is 3.08. The van der Waals surface area contributed by atoms with Gasteiger partial charge in [0.15, 0.2) is 0 Å². The predicted molar refractivity (Wildman–Crippen MR) is 71.2 cm³/mol. The molecule has 0 amide bonds. The minimum absolute atomic E-state index is 0.198. The van der Waals surface area contributed by atoms with E-state index in [9.17, 15) is 0 Å². The van der Waals surface area contributed by atoms with Gasteiger partial charge < -0.3 is 10.6 Å². The molecule has 0 radical (unpaired) electrons. The van der Waals surface area contributed by atoms with Crippen LogP contribution in [0.3, 0.4) is 0 Å². The van der Waals surface area contributed by atoms with Gasteiger partial charge in [0.05, 0.1) is 0 Å². The lowest BCUT2D eigenvalue weighted by molar-refractivity contribution is 0.211. The number of hydrogen-bond donors (Lipinski definition) is 1. The maximum absolute atomic E-state index is 5.72. The molecule has 0 atom stereocenters. The van der Waals surface area contributed by atoms with E-state index in [0.29, 0.717) is 0 Å². The Morgan fingerprint density at radius 1 is 1.53 bits per heavy atom. The Morgan fingerprint density at radius 3 is 2.67 bits per heavy atom. The number of thiophene rings is 1.